The fourth-order valence-electron chi connectivity index (χ4n) is 2.85. The normalized spacial score (nSPS) is 20.5. The maximum atomic E-state index is 4.32. The van der Waals surface area contributed by atoms with E-state index in [0.29, 0.717) is 6.04 Å². The van der Waals surface area contributed by atoms with Gasteiger partial charge in [-0.05, 0) is 50.3 Å². The Labute approximate surface area is 127 Å². The summed E-state index contributed by atoms with van der Waals surface area (Å²) in [7, 11) is 1.84. The van der Waals surface area contributed by atoms with Crippen LogP contribution in [0, 0.1) is 0 Å². The van der Waals surface area contributed by atoms with E-state index in [1.54, 1.807) is 0 Å². The molecule has 2 N–H and O–H groups in total. The SMILES string of the molecule is CN=C(NC1CC1)NC(C)c1cccc(N2CCCC2)c1. The Bertz CT molecular complexity index is 501. The maximum Gasteiger partial charge on any atom is 0.191 e. The molecule has 4 nitrogen and oxygen atoms in total. The third-order valence-electron chi connectivity index (χ3n) is 4.34. The average molecular weight is 286 g/mol. The molecule has 1 aromatic rings. The van der Waals surface area contributed by atoms with Crippen LogP contribution in [0.5, 0.6) is 0 Å². The number of hydrogen-bond donors (Lipinski definition) is 2. The third-order valence-corrected chi connectivity index (χ3v) is 4.34. The summed E-state index contributed by atoms with van der Waals surface area (Å²) < 4.78 is 0. The van der Waals surface area contributed by atoms with Crippen molar-refractivity contribution in [3.8, 4) is 0 Å². The first-order valence-electron chi connectivity index (χ1n) is 8.11. The highest BCUT2D eigenvalue weighted by atomic mass is 15.2. The first-order chi connectivity index (χ1) is 10.3. The summed E-state index contributed by atoms with van der Waals surface area (Å²) in [5, 5.41) is 6.93. The van der Waals surface area contributed by atoms with Gasteiger partial charge in [0.2, 0.25) is 0 Å². The number of nitrogens with one attached hydrogen (secondary N) is 2. The second kappa shape index (κ2) is 6.37. The Hall–Kier alpha value is -1.71. The van der Waals surface area contributed by atoms with Crippen molar-refractivity contribution < 1.29 is 0 Å². The van der Waals surface area contributed by atoms with Crippen molar-refractivity contribution in [1.82, 2.24) is 10.6 Å². The summed E-state index contributed by atoms with van der Waals surface area (Å²) in [6, 6.07) is 9.78. The minimum atomic E-state index is 0.262. The Morgan fingerprint density at radius 1 is 1.29 bits per heavy atom. The lowest BCUT2D eigenvalue weighted by Crippen LogP contribution is -2.39. The number of nitrogens with zero attached hydrogens (tertiary/aromatic N) is 2. The molecule has 3 rings (SSSR count). The Morgan fingerprint density at radius 3 is 2.71 bits per heavy atom. The zero-order valence-electron chi connectivity index (χ0n) is 13.1. The zero-order valence-corrected chi connectivity index (χ0v) is 13.1. The van der Waals surface area contributed by atoms with Crippen LogP contribution >= 0.6 is 0 Å². The van der Waals surface area contributed by atoms with Gasteiger partial charge in [0.1, 0.15) is 0 Å². The fraction of sp³-hybridized carbons (Fsp3) is 0.588. The molecule has 1 atom stereocenters. The highest BCUT2D eigenvalue weighted by Gasteiger charge is 2.23. The van der Waals surface area contributed by atoms with Crippen LogP contribution in [0.4, 0.5) is 5.69 Å². The van der Waals surface area contributed by atoms with Crippen LogP contribution in [0.15, 0.2) is 29.3 Å². The smallest absolute Gasteiger partial charge is 0.191 e. The topological polar surface area (TPSA) is 39.7 Å². The minimum Gasteiger partial charge on any atom is -0.372 e. The molecule has 1 saturated carbocycles. The summed E-state index contributed by atoms with van der Waals surface area (Å²) >= 11 is 0. The molecule has 2 fully saturated rings. The number of aliphatic imine (C=N–C) groups is 1. The predicted molar refractivity (Wildman–Crippen MR) is 89.0 cm³/mol. The molecule has 4 heteroatoms. The highest BCUT2D eigenvalue weighted by Crippen LogP contribution is 2.24. The zero-order chi connectivity index (χ0) is 14.7. The molecule has 1 heterocycles. The first-order valence-corrected chi connectivity index (χ1v) is 8.11. The number of hydrogen-bond acceptors (Lipinski definition) is 2. The molecule has 0 bridgehead atoms. The number of guanidine groups is 1. The van der Waals surface area contributed by atoms with Crippen LogP contribution in [0.3, 0.4) is 0 Å². The second-order valence-electron chi connectivity index (χ2n) is 6.15. The van der Waals surface area contributed by atoms with E-state index in [2.05, 4.69) is 51.7 Å². The van der Waals surface area contributed by atoms with Gasteiger partial charge < -0.3 is 15.5 Å². The molecule has 0 radical (unpaired) electrons. The lowest BCUT2D eigenvalue weighted by Gasteiger charge is -2.22. The molecule has 0 amide bonds. The van der Waals surface area contributed by atoms with E-state index in [-0.39, 0.29) is 6.04 Å². The maximum absolute atomic E-state index is 4.32. The van der Waals surface area contributed by atoms with Crippen molar-refractivity contribution in [2.45, 2.75) is 44.7 Å². The highest BCUT2D eigenvalue weighted by molar-refractivity contribution is 5.80. The van der Waals surface area contributed by atoms with E-state index < -0.39 is 0 Å². The quantitative estimate of drug-likeness (QED) is 0.660. The van der Waals surface area contributed by atoms with E-state index >= 15 is 0 Å². The summed E-state index contributed by atoms with van der Waals surface area (Å²) in [6.07, 6.45) is 5.16. The van der Waals surface area contributed by atoms with E-state index in [9.17, 15) is 0 Å². The molecule has 114 valence electrons. The molecule has 2 aliphatic rings. The van der Waals surface area contributed by atoms with Crippen molar-refractivity contribution >= 4 is 11.6 Å². The van der Waals surface area contributed by atoms with Gasteiger partial charge in [0.15, 0.2) is 5.96 Å². The number of anilines is 1. The molecular formula is C17H26N4. The van der Waals surface area contributed by atoms with Crippen molar-refractivity contribution in [3.63, 3.8) is 0 Å². The molecule has 1 unspecified atom stereocenters. The van der Waals surface area contributed by atoms with Crippen LogP contribution in [-0.4, -0.2) is 32.1 Å². The van der Waals surface area contributed by atoms with Gasteiger partial charge in [0.25, 0.3) is 0 Å². The van der Waals surface area contributed by atoms with Gasteiger partial charge in [0.05, 0.1) is 6.04 Å². The van der Waals surface area contributed by atoms with E-state index in [1.807, 2.05) is 7.05 Å². The molecule has 21 heavy (non-hydrogen) atoms. The lowest BCUT2D eigenvalue weighted by molar-refractivity contribution is 0.684. The summed E-state index contributed by atoms with van der Waals surface area (Å²) in [5.41, 5.74) is 2.67. The third kappa shape index (κ3) is 3.69. The molecule has 1 aromatic carbocycles. The van der Waals surface area contributed by atoms with Crippen LogP contribution < -0.4 is 15.5 Å². The Balaban J connectivity index is 1.65. The standard InChI is InChI=1S/C17H26N4/c1-13(19-17(18-2)20-15-8-9-15)14-6-5-7-16(12-14)21-10-3-4-11-21/h5-7,12-13,15H,3-4,8-11H2,1-2H3,(H2,18,19,20). The fourth-order valence-corrected chi connectivity index (χ4v) is 2.85. The van der Waals surface area contributed by atoms with Crippen LogP contribution in [0.25, 0.3) is 0 Å². The van der Waals surface area contributed by atoms with Gasteiger partial charge in [-0.3, -0.25) is 4.99 Å². The molecule has 1 aliphatic carbocycles. The Morgan fingerprint density at radius 2 is 2.05 bits per heavy atom. The largest absolute Gasteiger partial charge is 0.372 e. The van der Waals surface area contributed by atoms with E-state index in [0.717, 1.165) is 5.96 Å². The van der Waals surface area contributed by atoms with E-state index in [4.69, 9.17) is 0 Å². The summed E-state index contributed by atoms with van der Waals surface area (Å²) in [5.74, 6) is 0.913. The molecule has 0 spiro atoms. The van der Waals surface area contributed by atoms with Crippen LogP contribution in [-0.2, 0) is 0 Å². The molecular weight excluding hydrogens is 260 g/mol. The molecule has 1 aliphatic heterocycles. The molecule has 0 aromatic heterocycles. The van der Waals surface area contributed by atoms with Crippen molar-refractivity contribution in [2.75, 3.05) is 25.0 Å². The van der Waals surface area contributed by atoms with Gasteiger partial charge in [-0.1, -0.05) is 12.1 Å². The number of rotatable bonds is 4. The van der Waals surface area contributed by atoms with Gasteiger partial charge in [-0.2, -0.15) is 0 Å². The minimum absolute atomic E-state index is 0.262. The molecule has 1 saturated heterocycles. The van der Waals surface area contributed by atoms with Crippen molar-refractivity contribution in [2.24, 2.45) is 4.99 Å². The van der Waals surface area contributed by atoms with Crippen LogP contribution in [0.1, 0.15) is 44.2 Å². The van der Waals surface area contributed by atoms with Gasteiger partial charge in [-0.25, -0.2) is 0 Å². The summed E-state index contributed by atoms with van der Waals surface area (Å²) in [4.78, 5) is 6.80. The van der Waals surface area contributed by atoms with Gasteiger partial charge >= 0.3 is 0 Å². The van der Waals surface area contributed by atoms with Gasteiger partial charge in [0, 0.05) is 31.9 Å². The van der Waals surface area contributed by atoms with Gasteiger partial charge in [-0.15, -0.1) is 0 Å². The Kier molecular flexibility index (Phi) is 4.32. The van der Waals surface area contributed by atoms with Crippen molar-refractivity contribution in [1.29, 1.82) is 0 Å². The predicted octanol–water partition coefficient (Wildman–Crippen LogP) is 2.68. The van der Waals surface area contributed by atoms with Crippen molar-refractivity contribution in [3.05, 3.63) is 29.8 Å². The second-order valence-corrected chi connectivity index (χ2v) is 6.15. The summed E-state index contributed by atoms with van der Waals surface area (Å²) in [6.45, 7) is 4.58. The lowest BCUT2D eigenvalue weighted by atomic mass is 10.1. The first kappa shape index (κ1) is 14.2. The van der Waals surface area contributed by atoms with E-state index in [1.165, 1.54) is 50.0 Å². The number of benzene rings is 1. The monoisotopic (exact) mass is 286 g/mol. The van der Waals surface area contributed by atoms with Crippen LogP contribution in [0.2, 0.25) is 0 Å². The average Bonchev–Trinajstić information content (AvgIpc) is 3.16.